The van der Waals surface area contributed by atoms with E-state index in [2.05, 4.69) is 55.4 Å². The zero-order valence-corrected chi connectivity index (χ0v) is 59.8. The lowest BCUT2D eigenvalue weighted by molar-refractivity contribution is -0.161. The van der Waals surface area contributed by atoms with Crippen molar-refractivity contribution in [2.45, 2.75) is 363 Å². The summed E-state index contributed by atoms with van der Waals surface area (Å²) in [4.78, 5) is 72.5. The van der Waals surface area contributed by atoms with Gasteiger partial charge in [-0.05, 0) is 49.4 Å². The molecule has 6 atom stereocenters. The Balaban J connectivity index is 5.25. The van der Waals surface area contributed by atoms with Crippen LogP contribution >= 0.6 is 15.6 Å². The third kappa shape index (κ3) is 63.2. The summed E-state index contributed by atoms with van der Waals surface area (Å²) in [5.41, 5.74) is 0. The van der Waals surface area contributed by atoms with Crippen LogP contribution in [0.5, 0.6) is 0 Å². The molecular weight excluding hydrogens is 1170 g/mol. The Morgan fingerprint density at radius 1 is 0.315 bits per heavy atom. The number of carbonyl (C=O) groups is 4. The summed E-state index contributed by atoms with van der Waals surface area (Å²) < 4.78 is 68.3. The van der Waals surface area contributed by atoms with E-state index >= 15 is 0 Å². The molecule has 0 aromatic carbocycles. The van der Waals surface area contributed by atoms with E-state index < -0.39 is 97.5 Å². The quantitative estimate of drug-likeness (QED) is 0.0222. The minimum Gasteiger partial charge on any atom is -0.462 e. The minimum atomic E-state index is -4.95. The van der Waals surface area contributed by atoms with E-state index in [-0.39, 0.29) is 25.7 Å². The standard InChI is InChI=1S/C70H136O17P2/c1-9-63(8)49-41-33-28-29-37-45-53-70(75)87-66(57-80-67(72)50-42-34-25-18-14-10-12-16-22-30-38-46-60(2)3)59-85-89(78,79)83-55-64(71)54-82-88(76,77)84-58-65(56-81-68(73)51-43-35-26-21-20-24-32-40-48-62(6)7)86-69(74)52-44-36-27-19-15-11-13-17-23-31-39-47-61(4)5/h60-66,71H,9-59H2,1-8H3,(H,76,77)(H,78,79)/t63?,64?,65-,66-/m1/s1. The lowest BCUT2D eigenvalue weighted by Gasteiger charge is -2.21. The topological polar surface area (TPSA) is 237 Å². The maximum Gasteiger partial charge on any atom is 0.472 e. The number of aliphatic hydroxyl groups is 1. The Morgan fingerprint density at radius 2 is 0.539 bits per heavy atom. The summed E-state index contributed by atoms with van der Waals surface area (Å²) in [5, 5.41) is 10.6. The van der Waals surface area contributed by atoms with Crippen molar-refractivity contribution in [3.63, 3.8) is 0 Å². The van der Waals surface area contributed by atoms with Gasteiger partial charge in [0.25, 0.3) is 0 Å². The average molecular weight is 1310 g/mol. The van der Waals surface area contributed by atoms with Crippen molar-refractivity contribution in [2.24, 2.45) is 23.7 Å². The summed E-state index contributed by atoms with van der Waals surface area (Å²) in [7, 11) is -9.90. The first-order valence-electron chi connectivity index (χ1n) is 36.2. The van der Waals surface area contributed by atoms with Gasteiger partial charge in [-0.25, -0.2) is 9.13 Å². The van der Waals surface area contributed by atoms with Crippen LogP contribution in [0.15, 0.2) is 0 Å². The fraction of sp³-hybridized carbons (Fsp3) is 0.943. The summed E-state index contributed by atoms with van der Waals surface area (Å²) in [6.07, 6.45) is 41.7. The van der Waals surface area contributed by atoms with Crippen molar-refractivity contribution in [3.05, 3.63) is 0 Å². The van der Waals surface area contributed by atoms with Crippen molar-refractivity contribution >= 4 is 39.5 Å². The van der Waals surface area contributed by atoms with Crippen molar-refractivity contribution in [1.82, 2.24) is 0 Å². The van der Waals surface area contributed by atoms with Gasteiger partial charge in [0.05, 0.1) is 26.4 Å². The second-order valence-corrected chi connectivity index (χ2v) is 29.8. The number of ether oxygens (including phenoxy) is 4. The molecule has 0 aliphatic rings. The van der Waals surface area contributed by atoms with Crippen LogP contribution in [0.3, 0.4) is 0 Å². The molecule has 19 heteroatoms. The van der Waals surface area contributed by atoms with E-state index in [1.165, 1.54) is 148 Å². The predicted octanol–water partition coefficient (Wildman–Crippen LogP) is 19.7. The van der Waals surface area contributed by atoms with Gasteiger partial charge in [0.1, 0.15) is 19.3 Å². The molecule has 17 nitrogen and oxygen atoms in total. The molecule has 0 aromatic rings. The summed E-state index contributed by atoms with van der Waals surface area (Å²) >= 11 is 0. The zero-order chi connectivity index (χ0) is 66.1. The van der Waals surface area contributed by atoms with E-state index in [4.69, 9.17) is 37.0 Å². The van der Waals surface area contributed by atoms with Gasteiger partial charge < -0.3 is 33.8 Å². The van der Waals surface area contributed by atoms with Crippen LogP contribution in [0.4, 0.5) is 0 Å². The molecule has 89 heavy (non-hydrogen) atoms. The number of carbonyl (C=O) groups excluding carboxylic acids is 4. The summed E-state index contributed by atoms with van der Waals surface area (Å²) in [6, 6.07) is 0. The smallest absolute Gasteiger partial charge is 0.462 e. The highest BCUT2D eigenvalue weighted by Crippen LogP contribution is 2.45. The largest absolute Gasteiger partial charge is 0.472 e. The maximum atomic E-state index is 13.0. The Morgan fingerprint density at radius 3 is 0.798 bits per heavy atom. The minimum absolute atomic E-state index is 0.102. The first kappa shape index (κ1) is 87.1. The SMILES string of the molecule is CCC(C)CCCCCCCCC(=O)O[C@H](COC(=O)CCCCCCCCCCCCCC(C)C)COP(=O)(O)OCC(O)COP(=O)(O)OC[C@@H](COC(=O)CCCCCCCCCCC(C)C)OC(=O)CCCCCCCCCCCCCC(C)C. The predicted molar refractivity (Wildman–Crippen MR) is 358 cm³/mol. The molecule has 0 aliphatic heterocycles. The van der Waals surface area contributed by atoms with Crippen LogP contribution in [-0.4, -0.2) is 96.7 Å². The van der Waals surface area contributed by atoms with Gasteiger partial charge in [-0.1, -0.05) is 293 Å². The Labute approximate surface area is 543 Å². The van der Waals surface area contributed by atoms with E-state index in [1.807, 2.05) is 0 Å². The molecule has 0 aliphatic carbocycles. The summed E-state index contributed by atoms with van der Waals surface area (Å²) in [5.74, 6) is 0.851. The monoisotopic (exact) mass is 1310 g/mol. The van der Waals surface area contributed by atoms with Crippen LogP contribution < -0.4 is 0 Å². The normalized spacial score (nSPS) is 14.6. The van der Waals surface area contributed by atoms with Crippen LogP contribution in [0.25, 0.3) is 0 Å². The number of aliphatic hydroxyl groups excluding tert-OH is 1. The first-order valence-corrected chi connectivity index (χ1v) is 39.2. The molecule has 4 unspecified atom stereocenters. The molecule has 0 radical (unpaired) electrons. The Kier molecular flexibility index (Phi) is 58.5. The highest BCUT2D eigenvalue weighted by Gasteiger charge is 2.30. The van der Waals surface area contributed by atoms with Crippen LogP contribution in [0, 0.1) is 23.7 Å². The third-order valence-electron chi connectivity index (χ3n) is 16.4. The molecule has 0 spiro atoms. The lowest BCUT2D eigenvalue weighted by atomic mass is 10.00. The van der Waals surface area contributed by atoms with Gasteiger partial charge in [0.15, 0.2) is 12.2 Å². The third-order valence-corrected chi connectivity index (χ3v) is 18.3. The molecular formula is C70H136O17P2. The molecule has 0 bridgehead atoms. The molecule has 0 amide bonds. The van der Waals surface area contributed by atoms with Gasteiger partial charge in [-0.2, -0.15) is 0 Å². The molecule has 0 heterocycles. The van der Waals surface area contributed by atoms with Gasteiger partial charge in [-0.3, -0.25) is 37.3 Å². The van der Waals surface area contributed by atoms with Crippen molar-refractivity contribution in [1.29, 1.82) is 0 Å². The first-order chi connectivity index (χ1) is 42.6. The van der Waals surface area contributed by atoms with Crippen molar-refractivity contribution < 1.29 is 80.2 Å². The van der Waals surface area contributed by atoms with E-state index in [9.17, 15) is 43.2 Å². The van der Waals surface area contributed by atoms with Gasteiger partial charge in [0, 0.05) is 25.7 Å². The van der Waals surface area contributed by atoms with Gasteiger partial charge in [-0.15, -0.1) is 0 Å². The van der Waals surface area contributed by atoms with E-state index in [1.54, 1.807) is 0 Å². The van der Waals surface area contributed by atoms with E-state index in [0.29, 0.717) is 25.7 Å². The molecule has 0 rings (SSSR count). The highest BCUT2D eigenvalue weighted by molar-refractivity contribution is 7.47. The number of hydrogen-bond donors (Lipinski definition) is 3. The Hall–Kier alpha value is -1.94. The zero-order valence-electron chi connectivity index (χ0n) is 58.1. The van der Waals surface area contributed by atoms with Gasteiger partial charge >= 0.3 is 39.5 Å². The second kappa shape index (κ2) is 59.8. The van der Waals surface area contributed by atoms with Crippen LogP contribution in [0.2, 0.25) is 0 Å². The lowest BCUT2D eigenvalue weighted by Crippen LogP contribution is -2.30. The van der Waals surface area contributed by atoms with Crippen molar-refractivity contribution in [3.8, 4) is 0 Å². The number of phosphoric acid groups is 2. The van der Waals surface area contributed by atoms with Crippen molar-refractivity contribution in [2.75, 3.05) is 39.6 Å². The number of unbranched alkanes of at least 4 members (excludes halogenated alkanes) is 32. The molecule has 0 saturated heterocycles. The van der Waals surface area contributed by atoms with Crippen LogP contribution in [-0.2, 0) is 65.4 Å². The number of esters is 4. The molecule has 0 aromatic heterocycles. The average Bonchev–Trinajstić information content (AvgIpc) is 3.68. The fourth-order valence-corrected chi connectivity index (χ4v) is 12.0. The van der Waals surface area contributed by atoms with E-state index in [0.717, 1.165) is 114 Å². The van der Waals surface area contributed by atoms with Crippen LogP contribution in [0.1, 0.15) is 344 Å². The molecule has 0 saturated carbocycles. The number of hydrogen-bond acceptors (Lipinski definition) is 15. The highest BCUT2D eigenvalue weighted by atomic mass is 31.2. The molecule has 0 fully saturated rings. The number of phosphoric ester groups is 2. The fourth-order valence-electron chi connectivity index (χ4n) is 10.5. The number of rotatable bonds is 67. The Bertz CT molecular complexity index is 1770. The molecule has 3 N–H and O–H groups in total. The van der Waals surface area contributed by atoms with Gasteiger partial charge in [0.2, 0.25) is 0 Å². The summed E-state index contributed by atoms with van der Waals surface area (Å²) in [6.45, 7) is 14.1. The second-order valence-electron chi connectivity index (χ2n) is 26.9. The molecule has 528 valence electrons. The maximum absolute atomic E-state index is 13.0.